The van der Waals surface area contributed by atoms with Gasteiger partial charge in [0, 0.05) is 11.3 Å². The molecule has 2 aromatic carbocycles. The molecule has 0 aliphatic rings. The highest BCUT2D eigenvalue weighted by Gasteiger charge is 2.13. The lowest BCUT2D eigenvalue weighted by atomic mass is 10.0. The summed E-state index contributed by atoms with van der Waals surface area (Å²) in [6, 6.07) is 12.7. The second kappa shape index (κ2) is 5.63. The second-order valence-electron chi connectivity index (χ2n) is 4.13. The van der Waals surface area contributed by atoms with E-state index in [1.165, 1.54) is 18.2 Å². The molecule has 0 saturated heterocycles. The Bertz CT molecular complexity index is 508. The van der Waals surface area contributed by atoms with Gasteiger partial charge in [0.2, 0.25) is 0 Å². The molecule has 1 N–H and O–H groups in total. The third-order valence-electron chi connectivity index (χ3n) is 2.87. The van der Waals surface area contributed by atoms with E-state index < -0.39 is 0 Å². The molecule has 0 aromatic heterocycles. The van der Waals surface area contributed by atoms with Crippen molar-refractivity contribution in [3.8, 4) is 0 Å². The summed E-state index contributed by atoms with van der Waals surface area (Å²) in [4.78, 5) is 0. The minimum atomic E-state index is -0.278. The Hall–Kier alpha value is -1.90. The van der Waals surface area contributed by atoms with Gasteiger partial charge in [-0.25, -0.2) is 8.78 Å². The minimum Gasteiger partial charge on any atom is -0.378 e. The van der Waals surface area contributed by atoms with Crippen molar-refractivity contribution in [2.75, 3.05) is 5.32 Å². The number of rotatable bonds is 4. The van der Waals surface area contributed by atoms with E-state index in [-0.39, 0.29) is 17.7 Å². The van der Waals surface area contributed by atoms with E-state index in [4.69, 9.17) is 0 Å². The molecule has 0 spiro atoms. The zero-order valence-corrected chi connectivity index (χ0v) is 10.2. The number of hydrogen-bond donors (Lipinski definition) is 1. The molecule has 0 radical (unpaired) electrons. The Morgan fingerprint density at radius 3 is 2.28 bits per heavy atom. The Labute approximate surface area is 105 Å². The lowest BCUT2D eigenvalue weighted by Crippen LogP contribution is -2.11. The largest absolute Gasteiger partial charge is 0.378 e. The normalized spacial score (nSPS) is 12.2. The highest BCUT2D eigenvalue weighted by molar-refractivity contribution is 5.45. The molecule has 0 bridgehead atoms. The Morgan fingerprint density at radius 1 is 1.00 bits per heavy atom. The van der Waals surface area contributed by atoms with Crippen molar-refractivity contribution in [1.82, 2.24) is 0 Å². The molecule has 0 aliphatic carbocycles. The first-order valence-electron chi connectivity index (χ1n) is 5.97. The molecule has 94 valence electrons. The number of nitrogens with one attached hydrogen (secondary N) is 1. The van der Waals surface area contributed by atoms with Gasteiger partial charge in [0.25, 0.3) is 0 Å². The zero-order chi connectivity index (χ0) is 13.0. The average molecular weight is 247 g/mol. The summed E-state index contributed by atoms with van der Waals surface area (Å²) >= 11 is 0. The van der Waals surface area contributed by atoms with E-state index in [9.17, 15) is 8.78 Å². The fraction of sp³-hybridized carbons (Fsp3) is 0.200. The van der Waals surface area contributed by atoms with Gasteiger partial charge in [-0.2, -0.15) is 0 Å². The fourth-order valence-electron chi connectivity index (χ4n) is 1.90. The third kappa shape index (κ3) is 2.86. The molecule has 1 unspecified atom stereocenters. The predicted molar refractivity (Wildman–Crippen MR) is 69.5 cm³/mol. The Morgan fingerprint density at radius 2 is 1.67 bits per heavy atom. The van der Waals surface area contributed by atoms with Gasteiger partial charge in [-0.15, -0.1) is 0 Å². The van der Waals surface area contributed by atoms with Crippen LogP contribution in [0.3, 0.4) is 0 Å². The SMILES string of the molecule is CCC(Nc1ccc(F)cc1)c1ccccc1F. The van der Waals surface area contributed by atoms with Crippen LogP contribution in [0.1, 0.15) is 24.9 Å². The fourth-order valence-corrected chi connectivity index (χ4v) is 1.90. The number of anilines is 1. The molecular weight excluding hydrogens is 232 g/mol. The molecule has 0 amide bonds. The first-order valence-corrected chi connectivity index (χ1v) is 5.97. The maximum atomic E-state index is 13.7. The van der Waals surface area contributed by atoms with Crippen LogP contribution in [-0.2, 0) is 0 Å². The monoisotopic (exact) mass is 247 g/mol. The Kier molecular flexibility index (Phi) is 3.92. The lowest BCUT2D eigenvalue weighted by Gasteiger charge is -2.19. The number of halogens is 2. The second-order valence-corrected chi connectivity index (χ2v) is 4.13. The van der Waals surface area contributed by atoms with E-state index in [0.717, 1.165) is 12.1 Å². The highest BCUT2D eigenvalue weighted by Crippen LogP contribution is 2.24. The van der Waals surface area contributed by atoms with Crippen LogP contribution in [0.5, 0.6) is 0 Å². The first-order chi connectivity index (χ1) is 8.70. The van der Waals surface area contributed by atoms with Gasteiger partial charge in [-0.1, -0.05) is 25.1 Å². The molecule has 18 heavy (non-hydrogen) atoms. The summed E-state index contributed by atoms with van der Waals surface area (Å²) in [6.07, 6.45) is 0.748. The summed E-state index contributed by atoms with van der Waals surface area (Å²) in [6.45, 7) is 1.98. The van der Waals surface area contributed by atoms with Gasteiger partial charge in [-0.3, -0.25) is 0 Å². The molecule has 0 aliphatic heterocycles. The number of hydrogen-bond acceptors (Lipinski definition) is 1. The maximum absolute atomic E-state index is 13.7. The maximum Gasteiger partial charge on any atom is 0.128 e. The minimum absolute atomic E-state index is 0.114. The smallest absolute Gasteiger partial charge is 0.128 e. The van der Waals surface area contributed by atoms with E-state index in [0.29, 0.717) is 5.56 Å². The molecule has 1 nitrogen and oxygen atoms in total. The molecule has 2 rings (SSSR count). The van der Waals surface area contributed by atoms with Crippen LogP contribution in [-0.4, -0.2) is 0 Å². The van der Waals surface area contributed by atoms with Gasteiger partial charge in [0.1, 0.15) is 11.6 Å². The molecular formula is C15H15F2N. The molecule has 2 aromatic rings. The standard InChI is InChI=1S/C15H15F2N/c1-2-15(13-5-3-4-6-14(13)17)18-12-9-7-11(16)8-10-12/h3-10,15,18H,2H2,1H3. The predicted octanol–water partition coefficient (Wildman–Crippen LogP) is 4.53. The first kappa shape index (κ1) is 12.6. The van der Waals surface area contributed by atoms with Crippen molar-refractivity contribution in [2.45, 2.75) is 19.4 Å². The molecule has 3 heteroatoms. The number of benzene rings is 2. The van der Waals surface area contributed by atoms with E-state index in [1.807, 2.05) is 13.0 Å². The quantitative estimate of drug-likeness (QED) is 0.837. The van der Waals surface area contributed by atoms with E-state index >= 15 is 0 Å². The lowest BCUT2D eigenvalue weighted by molar-refractivity contribution is 0.587. The van der Waals surface area contributed by atoms with Gasteiger partial charge < -0.3 is 5.32 Å². The summed E-state index contributed by atoms with van der Waals surface area (Å²) in [7, 11) is 0. The van der Waals surface area contributed by atoms with Gasteiger partial charge in [0.15, 0.2) is 0 Å². The van der Waals surface area contributed by atoms with Gasteiger partial charge in [-0.05, 0) is 36.8 Å². The van der Waals surface area contributed by atoms with Crippen molar-refractivity contribution in [2.24, 2.45) is 0 Å². The van der Waals surface area contributed by atoms with Crippen molar-refractivity contribution in [3.63, 3.8) is 0 Å². The zero-order valence-electron chi connectivity index (χ0n) is 10.2. The topological polar surface area (TPSA) is 12.0 Å². The summed E-state index contributed by atoms with van der Waals surface area (Å²) < 4.78 is 26.5. The summed E-state index contributed by atoms with van der Waals surface area (Å²) in [5, 5.41) is 3.21. The van der Waals surface area contributed by atoms with Crippen molar-refractivity contribution in [1.29, 1.82) is 0 Å². The van der Waals surface area contributed by atoms with Crippen LogP contribution in [0.4, 0.5) is 14.5 Å². The van der Waals surface area contributed by atoms with E-state index in [2.05, 4.69) is 5.32 Å². The van der Waals surface area contributed by atoms with Crippen LogP contribution in [0.2, 0.25) is 0 Å². The molecule has 0 fully saturated rings. The van der Waals surface area contributed by atoms with E-state index in [1.54, 1.807) is 24.3 Å². The molecule has 0 saturated carbocycles. The van der Waals surface area contributed by atoms with Crippen LogP contribution in [0.25, 0.3) is 0 Å². The van der Waals surface area contributed by atoms with Crippen molar-refractivity contribution in [3.05, 3.63) is 65.7 Å². The molecule has 1 atom stereocenters. The van der Waals surface area contributed by atoms with Crippen LogP contribution in [0, 0.1) is 11.6 Å². The van der Waals surface area contributed by atoms with Crippen LogP contribution in [0.15, 0.2) is 48.5 Å². The van der Waals surface area contributed by atoms with Crippen LogP contribution >= 0.6 is 0 Å². The molecule has 0 heterocycles. The summed E-state index contributed by atoms with van der Waals surface area (Å²) in [5.41, 5.74) is 1.41. The van der Waals surface area contributed by atoms with Crippen molar-refractivity contribution < 1.29 is 8.78 Å². The summed E-state index contributed by atoms with van der Waals surface area (Å²) in [5.74, 6) is -0.501. The van der Waals surface area contributed by atoms with Crippen molar-refractivity contribution >= 4 is 5.69 Å². The van der Waals surface area contributed by atoms with Gasteiger partial charge >= 0.3 is 0 Å². The van der Waals surface area contributed by atoms with Gasteiger partial charge in [0.05, 0.1) is 6.04 Å². The highest BCUT2D eigenvalue weighted by atomic mass is 19.1. The Balaban J connectivity index is 2.20. The van der Waals surface area contributed by atoms with Crippen LogP contribution < -0.4 is 5.32 Å². The third-order valence-corrected chi connectivity index (χ3v) is 2.87. The average Bonchev–Trinajstić information content (AvgIpc) is 2.39.